The molecule has 0 unspecified atom stereocenters. The lowest BCUT2D eigenvalue weighted by Crippen LogP contribution is -2.22. The molecule has 2 aromatic heterocycles. The molecule has 5 aromatic rings. The van der Waals surface area contributed by atoms with Gasteiger partial charge >= 0.3 is 5.97 Å². The van der Waals surface area contributed by atoms with Gasteiger partial charge < -0.3 is 9.47 Å². The Morgan fingerprint density at radius 2 is 1.72 bits per heavy atom. The highest BCUT2D eigenvalue weighted by atomic mass is 16.5. The van der Waals surface area contributed by atoms with Crippen molar-refractivity contribution < 1.29 is 14.3 Å². The van der Waals surface area contributed by atoms with E-state index in [0.717, 1.165) is 10.8 Å². The number of fused-ring (bicyclic) bond motifs is 2. The van der Waals surface area contributed by atoms with Crippen LogP contribution in [0.3, 0.4) is 0 Å². The second-order valence-corrected chi connectivity index (χ2v) is 7.24. The second-order valence-electron chi connectivity index (χ2n) is 7.24. The summed E-state index contributed by atoms with van der Waals surface area (Å²) in [6.07, 6.45) is 4.96. The quantitative estimate of drug-likeness (QED) is 0.308. The molecule has 0 saturated carbocycles. The van der Waals surface area contributed by atoms with Crippen molar-refractivity contribution >= 4 is 27.5 Å². The third-order valence-electron chi connectivity index (χ3n) is 5.30. The first-order valence-electron chi connectivity index (χ1n) is 9.99. The van der Waals surface area contributed by atoms with Gasteiger partial charge in [0.15, 0.2) is 0 Å². The zero-order chi connectivity index (χ0) is 22.1. The minimum absolute atomic E-state index is 0.233. The van der Waals surface area contributed by atoms with Crippen LogP contribution < -0.4 is 15.0 Å². The molecule has 6 heteroatoms. The number of hydrogen-bond acceptors (Lipinski definition) is 5. The Kier molecular flexibility index (Phi) is 4.88. The number of methoxy groups -OCH3 is 1. The number of hydrogen-bond donors (Lipinski definition) is 0. The molecular weight excluding hydrogens is 404 g/mol. The van der Waals surface area contributed by atoms with E-state index in [9.17, 15) is 9.59 Å². The van der Waals surface area contributed by atoms with Crippen molar-refractivity contribution in [1.29, 1.82) is 0 Å². The van der Waals surface area contributed by atoms with Gasteiger partial charge in [0.2, 0.25) is 0 Å². The fraction of sp³-hybridized carbons (Fsp3) is 0.0385. The third-order valence-corrected chi connectivity index (χ3v) is 5.30. The summed E-state index contributed by atoms with van der Waals surface area (Å²) in [5, 5.41) is 2.82. The van der Waals surface area contributed by atoms with Crippen LogP contribution in [0, 0.1) is 0 Å². The van der Waals surface area contributed by atoms with Crippen molar-refractivity contribution in [2.75, 3.05) is 7.11 Å². The molecule has 6 nitrogen and oxygen atoms in total. The van der Waals surface area contributed by atoms with E-state index in [2.05, 4.69) is 4.98 Å². The Labute approximate surface area is 183 Å². The highest BCUT2D eigenvalue weighted by Crippen LogP contribution is 2.24. The van der Waals surface area contributed by atoms with Crippen LogP contribution >= 0.6 is 0 Å². The highest BCUT2D eigenvalue weighted by Gasteiger charge is 2.18. The van der Waals surface area contributed by atoms with Gasteiger partial charge in [-0.2, -0.15) is 0 Å². The largest absolute Gasteiger partial charge is 0.497 e. The summed E-state index contributed by atoms with van der Waals surface area (Å²) in [4.78, 5) is 30.5. The fourth-order valence-corrected chi connectivity index (χ4v) is 3.69. The summed E-state index contributed by atoms with van der Waals surface area (Å²) in [6, 6.07) is 21.3. The SMILES string of the molecule is COc1cccc(-n2cc(C(=O)Oc3ccc4cnccc4c3)c3ccccc3c2=O)c1. The zero-order valence-electron chi connectivity index (χ0n) is 17.2. The Bertz CT molecular complexity index is 1540. The van der Waals surface area contributed by atoms with E-state index in [1.807, 2.05) is 12.1 Å². The minimum atomic E-state index is -0.550. The molecular formula is C26H18N2O4. The van der Waals surface area contributed by atoms with Gasteiger partial charge in [0, 0.05) is 40.8 Å². The maximum Gasteiger partial charge on any atom is 0.345 e. The van der Waals surface area contributed by atoms with E-state index in [4.69, 9.17) is 9.47 Å². The van der Waals surface area contributed by atoms with E-state index < -0.39 is 5.97 Å². The monoisotopic (exact) mass is 422 g/mol. The minimum Gasteiger partial charge on any atom is -0.497 e. The van der Waals surface area contributed by atoms with Gasteiger partial charge in [-0.1, -0.05) is 24.3 Å². The second kappa shape index (κ2) is 8.00. The Balaban J connectivity index is 1.62. The van der Waals surface area contributed by atoms with Crippen molar-refractivity contribution in [3.63, 3.8) is 0 Å². The highest BCUT2D eigenvalue weighted by molar-refractivity contribution is 6.05. The number of esters is 1. The van der Waals surface area contributed by atoms with Crippen LogP contribution in [-0.2, 0) is 0 Å². The molecule has 32 heavy (non-hydrogen) atoms. The summed E-state index contributed by atoms with van der Waals surface area (Å²) in [5.41, 5.74) is 0.647. The number of pyridine rings is 2. The first kappa shape index (κ1) is 19.5. The first-order chi connectivity index (χ1) is 15.6. The average molecular weight is 422 g/mol. The molecule has 0 spiro atoms. The van der Waals surface area contributed by atoms with Crippen molar-refractivity contribution in [2.45, 2.75) is 0 Å². The van der Waals surface area contributed by atoms with Gasteiger partial charge in [-0.3, -0.25) is 14.3 Å². The summed E-state index contributed by atoms with van der Waals surface area (Å²) in [5.74, 6) is 0.473. The van der Waals surface area contributed by atoms with Crippen LogP contribution in [0.5, 0.6) is 11.5 Å². The number of nitrogens with zero attached hydrogens (tertiary/aromatic N) is 2. The Morgan fingerprint density at radius 1 is 0.875 bits per heavy atom. The maximum atomic E-state index is 13.2. The van der Waals surface area contributed by atoms with Crippen LogP contribution in [0.4, 0.5) is 0 Å². The number of rotatable bonds is 4. The first-order valence-corrected chi connectivity index (χ1v) is 9.99. The maximum absolute atomic E-state index is 13.2. The summed E-state index contributed by atoms with van der Waals surface area (Å²) >= 11 is 0. The zero-order valence-corrected chi connectivity index (χ0v) is 17.2. The van der Waals surface area contributed by atoms with Gasteiger partial charge in [-0.05, 0) is 47.9 Å². The van der Waals surface area contributed by atoms with Gasteiger partial charge in [-0.25, -0.2) is 4.79 Å². The number of carbonyl (C=O) groups excluding carboxylic acids is 1. The molecule has 0 aliphatic rings. The normalized spacial score (nSPS) is 10.9. The van der Waals surface area contributed by atoms with E-state index in [1.165, 1.54) is 10.8 Å². The number of carbonyl (C=O) groups is 1. The molecule has 0 N–H and O–H groups in total. The predicted octanol–water partition coefficient (Wildman–Crippen LogP) is 4.77. The lowest BCUT2D eigenvalue weighted by atomic mass is 10.1. The van der Waals surface area contributed by atoms with E-state index in [1.54, 1.807) is 80.2 Å². The topological polar surface area (TPSA) is 70.4 Å². The molecule has 2 heterocycles. The van der Waals surface area contributed by atoms with Crippen LogP contribution in [0.2, 0.25) is 0 Å². The van der Waals surface area contributed by atoms with Crippen molar-refractivity contribution in [1.82, 2.24) is 9.55 Å². The van der Waals surface area contributed by atoms with Crippen molar-refractivity contribution in [3.8, 4) is 17.2 Å². The van der Waals surface area contributed by atoms with Crippen molar-refractivity contribution in [2.24, 2.45) is 0 Å². The molecule has 3 aromatic carbocycles. The smallest absolute Gasteiger partial charge is 0.345 e. The van der Waals surface area contributed by atoms with Crippen LogP contribution in [0.25, 0.3) is 27.2 Å². The Hall–Kier alpha value is -4.45. The fourth-order valence-electron chi connectivity index (χ4n) is 3.69. The average Bonchev–Trinajstić information content (AvgIpc) is 2.84. The Morgan fingerprint density at radius 3 is 2.56 bits per heavy atom. The molecule has 0 radical (unpaired) electrons. The van der Waals surface area contributed by atoms with Crippen LogP contribution in [0.1, 0.15) is 10.4 Å². The van der Waals surface area contributed by atoms with Gasteiger partial charge in [-0.15, -0.1) is 0 Å². The summed E-state index contributed by atoms with van der Waals surface area (Å²) < 4.78 is 12.4. The van der Waals surface area contributed by atoms with E-state index in [0.29, 0.717) is 28.0 Å². The lowest BCUT2D eigenvalue weighted by Gasteiger charge is -2.13. The van der Waals surface area contributed by atoms with Crippen molar-refractivity contribution in [3.05, 3.63) is 107 Å². The number of aromatic nitrogens is 2. The van der Waals surface area contributed by atoms with Crippen LogP contribution in [0.15, 0.2) is 96.2 Å². The molecule has 0 bridgehead atoms. The number of ether oxygens (including phenoxy) is 2. The standard InChI is InChI=1S/C26H18N2O4/c1-31-20-6-4-5-19(14-20)28-16-24(22-7-2-3-8-23(22)25(28)29)26(30)32-21-10-9-18-15-27-12-11-17(18)13-21/h2-16H,1H3. The lowest BCUT2D eigenvalue weighted by molar-refractivity contribution is 0.0736. The van der Waals surface area contributed by atoms with Gasteiger partial charge in [0.1, 0.15) is 11.5 Å². The summed E-state index contributed by atoms with van der Waals surface area (Å²) in [7, 11) is 1.56. The third kappa shape index (κ3) is 3.48. The molecule has 0 saturated heterocycles. The molecule has 156 valence electrons. The van der Waals surface area contributed by atoms with E-state index >= 15 is 0 Å². The molecule has 0 aliphatic heterocycles. The van der Waals surface area contributed by atoms with E-state index in [-0.39, 0.29) is 11.1 Å². The molecule has 0 amide bonds. The van der Waals surface area contributed by atoms with Gasteiger partial charge in [0.05, 0.1) is 18.4 Å². The molecule has 5 rings (SSSR count). The predicted molar refractivity (Wildman–Crippen MR) is 123 cm³/mol. The van der Waals surface area contributed by atoms with Gasteiger partial charge in [0.25, 0.3) is 5.56 Å². The molecule has 0 atom stereocenters. The molecule has 0 fully saturated rings. The molecule has 0 aliphatic carbocycles. The van der Waals surface area contributed by atoms with Crippen LogP contribution in [-0.4, -0.2) is 22.6 Å². The number of benzene rings is 3. The summed E-state index contributed by atoms with van der Waals surface area (Å²) in [6.45, 7) is 0.